The van der Waals surface area contributed by atoms with Crippen molar-refractivity contribution in [2.24, 2.45) is 5.92 Å². The van der Waals surface area contributed by atoms with Crippen molar-refractivity contribution in [3.05, 3.63) is 23.8 Å². The van der Waals surface area contributed by atoms with Crippen molar-refractivity contribution >= 4 is 0 Å². The SMILES string of the molecule is COc1ccc(C(O)C2CCOCC2)cc1OC. The molecule has 1 atom stereocenters. The predicted molar refractivity (Wildman–Crippen MR) is 68.0 cm³/mol. The Hall–Kier alpha value is -1.26. The second-order valence-corrected chi connectivity index (χ2v) is 4.51. The van der Waals surface area contributed by atoms with Gasteiger partial charge < -0.3 is 19.3 Å². The van der Waals surface area contributed by atoms with Crippen molar-refractivity contribution in [1.82, 2.24) is 0 Å². The Morgan fingerprint density at radius 1 is 1.17 bits per heavy atom. The van der Waals surface area contributed by atoms with Crippen LogP contribution in [0.3, 0.4) is 0 Å². The van der Waals surface area contributed by atoms with Crippen LogP contribution in [0.15, 0.2) is 18.2 Å². The van der Waals surface area contributed by atoms with Crippen molar-refractivity contribution in [1.29, 1.82) is 0 Å². The molecule has 4 heteroatoms. The highest BCUT2D eigenvalue weighted by Gasteiger charge is 2.24. The normalized spacial score (nSPS) is 18.4. The van der Waals surface area contributed by atoms with Gasteiger partial charge in [-0.3, -0.25) is 0 Å². The highest BCUT2D eigenvalue weighted by molar-refractivity contribution is 5.43. The molecule has 1 N–H and O–H groups in total. The third kappa shape index (κ3) is 2.76. The molecule has 1 aliphatic rings. The van der Waals surface area contributed by atoms with Crippen molar-refractivity contribution in [3.63, 3.8) is 0 Å². The summed E-state index contributed by atoms with van der Waals surface area (Å²) in [6, 6.07) is 5.57. The summed E-state index contributed by atoms with van der Waals surface area (Å²) in [6.45, 7) is 1.46. The summed E-state index contributed by atoms with van der Waals surface area (Å²) in [4.78, 5) is 0. The molecule has 1 heterocycles. The van der Waals surface area contributed by atoms with Crippen molar-refractivity contribution in [2.45, 2.75) is 18.9 Å². The van der Waals surface area contributed by atoms with Gasteiger partial charge in [0.05, 0.1) is 20.3 Å². The Morgan fingerprint density at radius 2 is 1.83 bits per heavy atom. The second kappa shape index (κ2) is 6.07. The Balaban J connectivity index is 2.16. The molecule has 0 saturated carbocycles. The molecule has 4 nitrogen and oxygen atoms in total. The summed E-state index contributed by atoms with van der Waals surface area (Å²) in [6.07, 6.45) is 1.33. The van der Waals surface area contributed by atoms with Crippen molar-refractivity contribution in [3.8, 4) is 11.5 Å². The van der Waals surface area contributed by atoms with Crippen molar-refractivity contribution in [2.75, 3.05) is 27.4 Å². The van der Waals surface area contributed by atoms with E-state index in [1.54, 1.807) is 14.2 Å². The molecular weight excluding hydrogens is 232 g/mol. The molecular formula is C14H20O4. The van der Waals surface area contributed by atoms with E-state index in [0.717, 1.165) is 31.6 Å². The highest BCUT2D eigenvalue weighted by Crippen LogP contribution is 2.35. The van der Waals surface area contributed by atoms with E-state index in [-0.39, 0.29) is 5.92 Å². The van der Waals surface area contributed by atoms with Gasteiger partial charge in [-0.2, -0.15) is 0 Å². The molecule has 100 valence electrons. The summed E-state index contributed by atoms with van der Waals surface area (Å²) in [7, 11) is 3.20. The lowest BCUT2D eigenvalue weighted by Crippen LogP contribution is -2.22. The minimum absolute atomic E-state index is 0.261. The number of hydrogen-bond donors (Lipinski definition) is 1. The van der Waals surface area contributed by atoms with Crippen LogP contribution in [0.1, 0.15) is 24.5 Å². The van der Waals surface area contributed by atoms with E-state index in [1.807, 2.05) is 18.2 Å². The number of aliphatic hydroxyl groups excluding tert-OH is 1. The summed E-state index contributed by atoms with van der Waals surface area (Å²) in [5.74, 6) is 1.60. The van der Waals surface area contributed by atoms with Gasteiger partial charge in [0.15, 0.2) is 11.5 Å². The maximum absolute atomic E-state index is 10.4. The van der Waals surface area contributed by atoms with Gasteiger partial charge in [-0.05, 0) is 36.5 Å². The molecule has 0 amide bonds. The average molecular weight is 252 g/mol. The summed E-state index contributed by atoms with van der Waals surface area (Å²) in [5.41, 5.74) is 0.875. The molecule has 0 bridgehead atoms. The van der Waals surface area contributed by atoms with Crippen LogP contribution in [0.4, 0.5) is 0 Å². The molecule has 1 aromatic rings. The van der Waals surface area contributed by atoms with E-state index in [2.05, 4.69) is 0 Å². The second-order valence-electron chi connectivity index (χ2n) is 4.51. The molecule has 0 aromatic heterocycles. The molecule has 1 unspecified atom stereocenters. The van der Waals surface area contributed by atoms with Crippen LogP contribution < -0.4 is 9.47 Å². The molecule has 0 radical (unpaired) electrons. The minimum atomic E-state index is -0.464. The molecule has 1 fully saturated rings. The smallest absolute Gasteiger partial charge is 0.161 e. The van der Waals surface area contributed by atoms with E-state index in [0.29, 0.717) is 11.5 Å². The number of ether oxygens (including phenoxy) is 3. The molecule has 2 rings (SSSR count). The van der Waals surface area contributed by atoms with Crippen LogP contribution in [-0.4, -0.2) is 32.5 Å². The number of hydrogen-bond acceptors (Lipinski definition) is 4. The molecule has 1 saturated heterocycles. The quantitative estimate of drug-likeness (QED) is 0.892. The molecule has 18 heavy (non-hydrogen) atoms. The van der Waals surface area contributed by atoms with Crippen LogP contribution in [0.2, 0.25) is 0 Å². The number of rotatable bonds is 4. The van der Waals surface area contributed by atoms with Crippen molar-refractivity contribution < 1.29 is 19.3 Å². The standard InChI is InChI=1S/C14H20O4/c1-16-12-4-3-11(9-13(12)17-2)14(15)10-5-7-18-8-6-10/h3-4,9-10,14-15H,5-8H2,1-2H3. The van der Waals surface area contributed by atoms with Gasteiger partial charge in [-0.1, -0.05) is 6.07 Å². The summed E-state index contributed by atoms with van der Waals surface area (Å²) in [5, 5.41) is 10.4. The van der Waals surface area contributed by atoms with Crippen LogP contribution in [0.25, 0.3) is 0 Å². The lowest BCUT2D eigenvalue weighted by atomic mass is 9.89. The predicted octanol–water partition coefficient (Wildman–Crippen LogP) is 2.16. The van der Waals surface area contributed by atoms with Crippen LogP contribution in [-0.2, 0) is 4.74 Å². The lowest BCUT2D eigenvalue weighted by Gasteiger charge is -2.27. The van der Waals surface area contributed by atoms with Crippen LogP contribution in [0, 0.1) is 5.92 Å². The third-order valence-corrected chi connectivity index (χ3v) is 3.46. The molecule has 0 aliphatic carbocycles. The topological polar surface area (TPSA) is 47.9 Å². The summed E-state index contributed by atoms with van der Waals surface area (Å²) < 4.78 is 15.8. The zero-order chi connectivity index (χ0) is 13.0. The van der Waals surface area contributed by atoms with Gasteiger partial charge in [0.25, 0.3) is 0 Å². The maximum atomic E-state index is 10.4. The van der Waals surface area contributed by atoms with Crippen LogP contribution >= 0.6 is 0 Å². The summed E-state index contributed by atoms with van der Waals surface area (Å²) >= 11 is 0. The number of aliphatic hydroxyl groups is 1. The lowest BCUT2D eigenvalue weighted by molar-refractivity contribution is 0.00710. The first kappa shape index (κ1) is 13.2. The first-order chi connectivity index (χ1) is 8.76. The fourth-order valence-electron chi connectivity index (χ4n) is 2.34. The van der Waals surface area contributed by atoms with Gasteiger partial charge in [0.1, 0.15) is 0 Å². The molecule has 1 aromatic carbocycles. The van der Waals surface area contributed by atoms with E-state index >= 15 is 0 Å². The molecule has 0 spiro atoms. The molecule has 1 aliphatic heterocycles. The Labute approximate surface area is 107 Å². The van der Waals surface area contributed by atoms with Gasteiger partial charge in [0.2, 0.25) is 0 Å². The van der Waals surface area contributed by atoms with Crippen LogP contribution in [0.5, 0.6) is 11.5 Å². The zero-order valence-corrected chi connectivity index (χ0v) is 10.9. The fraction of sp³-hybridized carbons (Fsp3) is 0.571. The van der Waals surface area contributed by atoms with Gasteiger partial charge >= 0.3 is 0 Å². The largest absolute Gasteiger partial charge is 0.493 e. The van der Waals surface area contributed by atoms with E-state index in [4.69, 9.17) is 14.2 Å². The van der Waals surface area contributed by atoms with Gasteiger partial charge in [0, 0.05) is 13.2 Å². The average Bonchev–Trinajstić information content (AvgIpc) is 2.46. The number of methoxy groups -OCH3 is 2. The Kier molecular flexibility index (Phi) is 4.44. The Morgan fingerprint density at radius 3 is 2.44 bits per heavy atom. The third-order valence-electron chi connectivity index (χ3n) is 3.46. The zero-order valence-electron chi connectivity index (χ0n) is 10.9. The maximum Gasteiger partial charge on any atom is 0.161 e. The highest BCUT2D eigenvalue weighted by atomic mass is 16.5. The monoisotopic (exact) mass is 252 g/mol. The Bertz CT molecular complexity index is 385. The van der Waals surface area contributed by atoms with E-state index < -0.39 is 6.10 Å². The van der Waals surface area contributed by atoms with Gasteiger partial charge in [-0.15, -0.1) is 0 Å². The van der Waals surface area contributed by atoms with Gasteiger partial charge in [-0.25, -0.2) is 0 Å². The minimum Gasteiger partial charge on any atom is -0.493 e. The van der Waals surface area contributed by atoms with E-state index in [9.17, 15) is 5.11 Å². The first-order valence-corrected chi connectivity index (χ1v) is 6.24. The van der Waals surface area contributed by atoms with E-state index in [1.165, 1.54) is 0 Å². The first-order valence-electron chi connectivity index (χ1n) is 6.24. The fourth-order valence-corrected chi connectivity index (χ4v) is 2.34. The number of benzene rings is 1.